The highest BCUT2D eigenvalue weighted by atomic mass is 19.1. The molecule has 0 radical (unpaired) electrons. The van der Waals surface area contributed by atoms with Gasteiger partial charge in [0, 0.05) is 30.2 Å². The molecule has 98 valence electrons. The zero-order chi connectivity index (χ0) is 12.7. The van der Waals surface area contributed by atoms with Gasteiger partial charge in [0.15, 0.2) is 0 Å². The van der Waals surface area contributed by atoms with Crippen molar-refractivity contribution < 1.29 is 4.39 Å². The van der Waals surface area contributed by atoms with Gasteiger partial charge in [0.2, 0.25) is 0 Å². The average Bonchev–Trinajstić information content (AvgIpc) is 2.57. The Kier molecular flexibility index (Phi) is 3.12. The number of fused-ring (bicyclic) bond motifs is 2. The van der Waals surface area contributed by atoms with Gasteiger partial charge in [-0.2, -0.15) is 0 Å². The fourth-order valence-corrected chi connectivity index (χ4v) is 3.60. The van der Waals surface area contributed by atoms with Crippen LogP contribution in [-0.4, -0.2) is 23.0 Å². The molecule has 2 aliphatic rings. The maximum atomic E-state index is 13.8. The molecule has 0 saturated carbocycles. The number of benzene rings is 1. The predicted molar refractivity (Wildman–Crippen MR) is 70.7 cm³/mol. The van der Waals surface area contributed by atoms with Gasteiger partial charge in [0.25, 0.3) is 0 Å². The van der Waals surface area contributed by atoms with Gasteiger partial charge in [-0.05, 0) is 38.7 Å². The molecule has 1 aromatic carbocycles. The first-order chi connectivity index (χ1) is 8.63. The molecule has 0 spiro atoms. The number of hydrogen-bond acceptors (Lipinski definition) is 2. The van der Waals surface area contributed by atoms with Crippen molar-refractivity contribution in [3.05, 3.63) is 35.1 Å². The van der Waals surface area contributed by atoms with E-state index in [1.54, 1.807) is 6.07 Å². The van der Waals surface area contributed by atoms with Gasteiger partial charge < -0.3 is 5.73 Å². The number of aryl methyl sites for hydroxylation is 1. The first-order valence-corrected chi connectivity index (χ1v) is 6.90. The lowest BCUT2D eigenvalue weighted by Crippen LogP contribution is -2.46. The van der Waals surface area contributed by atoms with Crippen LogP contribution in [0.15, 0.2) is 18.2 Å². The monoisotopic (exact) mass is 248 g/mol. The summed E-state index contributed by atoms with van der Waals surface area (Å²) in [5, 5.41) is 0. The minimum Gasteiger partial charge on any atom is -0.328 e. The smallest absolute Gasteiger partial charge is 0.127 e. The third-order valence-electron chi connectivity index (χ3n) is 4.47. The van der Waals surface area contributed by atoms with E-state index >= 15 is 0 Å². The molecule has 2 saturated heterocycles. The van der Waals surface area contributed by atoms with Crippen LogP contribution < -0.4 is 5.73 Å². The molecule has 3 heteroatoms. The Labute approximate surface area is 108 Å². The number of rotatable bonds is 2. The Bertz CT molecular complexity index is 432. The van der Waals surface area contributed by atoms with E-state index in [1.165, 1.54) is 12.8 Å². The molecular weight excluding hydrogens is 227 g/mol. The van der Waals surface area contributed by atoms with Crippen molar-refractivity contribution in [3.8, 4) is 0 Å². The van der Waals surface area contributed by atoms with Crippen LogP contribution in [0, 0.1) is 12.7 Å². The second kappa shape index (κ2) is 4.63. The van der Waals surface area contributed by atoms with E-state index < -0.39 is 0 Å². The summed E-state index contributed by atoms with van der Waals surface area (Å²) < 4.78 is 13.8. The van der Waals surface area contributed by atoms with Crippen molar-refractivity contribution in [3.63, 3.8) is 0 Å². The minimum atomic E-state index is -0.0742. The second-order valence-electron chi connectivity index (χ2n) is 5.88. The summed E-state index contributed by atoms with van der Waals surface area (Å²) in [6.07, 6.45) is 4.60. The number of nitrogens with two attached hydrogens (primary N) is 1. The topological polar surface area (TPSA) is 29.3 Å². The quantitative estimate of drug-likeness (QED) is 0.871. The number of halogens is 1. The molecule has 2 fully saturated rings. The second-order valence-corrected chi connectivity index (χ2v) is 5.88. The molecule has 0 amide bonds. The van der Waals surface area contributed by atoms with Crippen LogP contribution in [0.4, 0.5) is 4.39 Å². The average molecular weight is 248 g/mol. The Morgan fingerprint density at radius 1 is 1.28 bits per heavy atom. The molecule has 3 rings (SSSR count). The minimum absolute atomic E-state index is 0.0742. The molecule has 0 aliphatic carbocycles. The highest BCUT2D eigenvalue weighted by Gasteiger charge is 2.39. The van der Waals surface area contributed by atoms with Crippen LogP contribution in [0.5, 0.6) is 0 Å². The Morgan fingerprint density at radius 3 is 2.61 bits per heavy atom. The van der Waals surface area contributed by atoms with Crippen LogP contribution >= 0.6 is 0 Å². The zero-order valence-electron chi connectivity index (χ0n) is 10.9. The van der Waals surface area contributed by atoms with Gasteiger partial charge in [-0.15, -0.1) is 0 Å². The van der Waals surface area contributed by atoms with Gasteiger partial charge >= 0.3 is 0 Å². The molecule has 2 heterocycles. The molecule has 18 heavy (non-hydrogen) atoms. The number of nitrogens with zero attached hydrogens (tertiary/aromatic N) is 1. The molecule has 2 N–H and O–H groups in total. The number of hydrogen-bond donors (Lipinski definition) is 1. The maximum Gasteiger partial charge on any atom is 0.127 e. The summed E-state index contributed by atoms with van der Waals surface area (Å²) in [5.74, 6) is -0.0742. The predicted octanol–water partition coefficient (Wildman–Crippen LogP) is 2.59. The molecular formula is C15H21FN2. The van der Waals surface area contributed by atoms with Crippen LogP contribution in [0.2, 0.25) is 0 Å². The lowest BCUT2D eigenvalue weighted by Gasteiger charge is -2.37. The largest absolute Gasteiger partial charge is 0.328 e. The van der Waals surface area contributed by atoms with Gasteiger partial charge in [-0.1, -0.05) is 17.7 Å². The summed E-state index contributed by atoms with van der Waals surface area (Å²) in [6, 6.07) is 6.88. The van der Waals surface area contributed by atoms with E-state index in [0.717, 1.165) is 30.5 Å². The normalized spacial score (nSPS) is 31.8. The number of piperidine rings is 1. The van der Waals surface area contributed by atoms with Gasteiger partial charge in [-0.25, -0.2) is 4.39 Å². The first-order valence-electron chi connectivity index (χ1n) is 6.90. The van der Waals surface area contributed by atoms with Crippen molar-refractivity contribution in [1.82, 2.24) is 4.90 Å². The van der Waals surface area contributed by atoms with E-state index in [1.807, 2.05) is 19.1 Å². The van der Waals surface area contributed by atoms with Crippen LogP contribution in [0.1, 0.15) is 36.8 Å². The standard InChI is InChI=1S/C15H21FN2/c1-10-2-5-15(16)11(6-10)9-18-13-3-4-14(18)8-12(17)7-13/h2,5-6,12-14H,3-4,7-9,17H2,1H3. The molecule has 2 nitrogen and oxygen atoms in total. The third-order valence-corrected chi connectivity index (χ3v) is 4.47. The van der Waals surface area contributed by atoms with Crippen LogP contribution in [0.3, 0.4) is 0 Å². The maximum absolute atomic E-state index is 13.8. The van der Waals surface area contributed by atoms with E-state index in [2.05, 4.69) is 4.90 Å². The zero-order valence-corrected chi connectivity index (χ0v) is 10.9. The van der Waals surface area contributed by atoms with E-state index in [0.29, 0.717) is 18.1 Å². The van der Waals surface area contributed by atoms with Crippen molar-refractivity contribution in [1.29, 1.82) is 0 Å². The molecule has 2 atom stereocenters. The third kappa shape index (κ3) is 2.17. The Balaban J connectivity index is 1.79. The van der Waals surface area contributed by atoms with E-state index in [4.69, 9.17) is 5.73 Å². The van der Waals surface area contributed by atoms with Crippen LogP contribution in [0.25, 0.3) is 0 Å². The SMILES string of the molecule is Cc1ccc(F)c(CN2C3CCC2CC(N)C3)c1. The van der Waals surface area contributed by atoms with Gasteiger partial charge in [-0.3, -0.25) is 4.90 Å². The Hall–Kier alpha value is -0.930. The van der Waals surface area contributed by atoms with Gasteiger partial charge in [0.1, 0.15) is 5.82 Å². The summed E-state index contributed by atoms with van der Waals surface area (Å²) in [5.41, 5.74) is 8.03. The molecule has 2 unspecified atom stereocenters. The highest BCUT2D eigenvalue weighted by Crippen LogP contribution is 2.36. The lowest BCUT2D eigenvalue weighted by molar-refractivity contribution is 0.118. The summed E-state index contributed by atoms with van der Waals surface area (Å²) in [4.78, 5) is 2.47. The lowest BCUT2D eigenvalue weighted by atomic mass is 9.97. The van der Waals surface area contributed by atoms with E-state index in [-0.39, 0.29) is 5.82 Å². The molecule has 1 aromatic rings. The highest BCUT2D eigenvalue weighted by molar-refractivity contribution is 5.24. The Morgan fingerprint density at radius 2 is 1.94 bits per heavy atom. The van der Waals surface area contributed by atoms with Crippen LogP contribution in [-0.2, 0) is 6.54 Å². The molecule has 2 bridgehead atoms. The van der Waals surface area contributed by atoms with Crippen molar-refractivity contribution in [2.24, 2.45) is 5.73 Å². The molecule has 2 aliphatic heterocycles. The molecule has 0 aromatic heterocycles. The summed E-state index contributed by atoms with van der Waals surface area (Å²) in [7, 11) is 0. The fraction of sp³-hybridized carbons (Fsp3) is 0.600. The summed E-state index contributed by atoms with van der Waals surface area (Å²) in [6.45, 7) is 2.76. The fourth-order valence-electron chi connectivity index (χ4n) is 3.60. The van der Waals surface area contributed by atoms with Crippen molar-refractivity contribution in [2.75, 3.05) is 0 Å². The van der Waals surface area contributed by atoms with Crippen molar-refractivity contribution >= 4 is 0 Å². The first kappa shape index (κ1) is 12.1. The van der Waals surface area contributed by atoms with E-state index in [9.17, 15) is 4.39 Å². The summed E-state index contributed by atoms with van der Waals surface area (Å²) >= 11 is 0. The van der Waals surface area contributed by atoms with Gasteiger partial charge in [0.05, 0.1) is 0 Å². The van der Waals surface area contributed by atoms with Crippen molar-refractivity contribution in [2.45, 2.75) is 57.3 Å².